The number of morpholine rings is 1. The van der Waals surface area contributed by atoms with Crippen LogP contribution >= 0.6 is 0 Å². The van der Waals surface area contributed by atoms with E-state index in [2.05, 4.69) is 0 Å². The number of carbonyl (C=O) groups is 1. The van der Waals surface area contributed by atoms with Crippen LogP contribution in [-0.2, 0) is 26.0 Å². The lowest BCUT2D eigenvalue weighted by Crippen LogP contribution is -2.42. The van der Waals surface area contributed by atoms with Crippen molar-refractivity contribution in [2.24, 2.45) is 5.14 Å². The molecule has 0 bridgehead atoms. The highest BCUT2D eigenvalue weighted by Gasteiger charge is 2.24. The minimum atomic E-state index is -3.78. The van der Waals surface area contributed by atoms with E-state index in [1.165, 1.54) is 6.07 Å². The maximum atomic E-state index is 11.7. The molecule has 158 valence electrons. The van der Waals surface area contributed by atoms with Crippen molar-refractivity contribution in [3.05, 3.63) is 53.3 Å². The molecule has 1 aliphatic heterocycles. The lowest BCUT2D eigenvalue weighted by Gasteiger charge is -2.30. The number of ether oxygens (including phenoxy) is 1. The standard InChI is InChI=1S/C21H24N4O4S/c1-14-5-6-25-19(11-16-12-24(13-26)7-8-29-16)21(23-20(25)9-14)18-4-3-17(10-15(18)2)30(22,27)28/h3-6,9-10,13,16H,7-8,11-12H2,1-2H3,(H2,22,27,28)/t16-/m0/s1. The summed E-state index contributed by atoms with van der Waals surface area (Å²) in [4.78, 5) is 17.8. The molecule has 0 radical (unpaired) electrons. The number of aromatic nitrogens is 2. The molecular formula is C21H24N4O4S. The van der Waals surface area contributed by atoms with Gasteiger partial charge in [0.05, 0.1) is 29.0 Å². The molecule has 9 heteroatoms. The van der Waals surface area contributed by atoms with Gasteiger partial charge in [0.2, 0.25) is 16.4 Å². The number of hydrogen-bond acceptors (Lipinski definition) is 5. The number of rotatable bonds is 5. The molecule has 1 atom stereocenters. The van der Waals surface area contributed by atoms with Crippen molar-refractivity contribution in [1.29, 1.82) is 0 Å². The third-order valence-corrected chi connectivity index (χ3v) is 6.31. The number of primary sulfonamides is 1. The van der Waals surface area contributed by atoms with Crippen LogP contribution in [0.4, 0.5) is 0 Å². The Morgan fingerprint density at radius 2 is 2.07 bits per heavy atom. The number of hydrogen-bond donors (Lipinski definition) is 1. The van der Waals surface area contributed by atoms with Crippen molar-refractivity contribution in [3.63, 3.8) is 0 Å². The number of pyridine rings is 1. The monoisotopic (exact) mass is 428 g/mol. The van der Waals surface area contributed by atoms with E-state index in [-0.39, 0.29) is 11.0 Å². The second kappa shape index (κ2) is 7.82. The molecule has 8 nitrogen and oxygen atoms in total. The lowest BCUT2D eigenvalue weighted by atomic mass is 10.0. The van der Waals surface area contributed by atoms with Crippen LogP contribution in [0, 0.1) is 13.8 Å². The van der Waals surface area contributed by atoms with Gasteiger partial charge >= 0.3 is 0 Å². The molecule has 4 rings (SSSR count). The summed E-state index contributed by atoms with van der Waals surface area (Å²) >= 11 is 0. The van der Waals surface area contributed by atoms with Crippen LogP contribution in [-0.4, -0.2) is 54.9 Å². The van der Waals surface area contributed by atoms with Crippen molar-refractivity contribution in [3.8, 4) is 11.3 Å². The minimum absolute atomic E-state index is 0.0714. The average Bonchev–Trinajstić information content (AvgIpc) is 3.04. The van der Waals surface area contributed by atoms with E-state index in [0.29, 0.717) is 26.1 Å². The Kier molecular flexibility index (Phi) is 5.35. The van der Waals surface area contributed by atoms with Crippen molar-refractivity contribution >= 4 is 22.1 Å². The van der Waals surface area contributed by atoms with Gasteiger partial charge in [0.15, 0.2) is 0 Å². The molecule has 1 aromatic carbocycles. The smallest absolute Gasteiger partial charge is 0.238 e. The Balaban J connectivity index is 1.81. The summed E-state index contributed by atoms with van der Waals surface area (Å²) in [6.07, 6.45) is 3.25. The van der Waals surface area contributed by atoms with Gasteiger partial charge in [-0.25, -0.2) is 18.5 Å². The molecule has 0 aliphatic carbocycles. The third kappa shape index (κ3) is 3.96. The number of sulfonamides is 1. The number of aryl methyl sites for hydroxylation is 2. The highest BCUT2D eigenvalue weighted by atomic mass is 32.2. The van der Waals surface area contributed by atoms with E-state index < -0.39 is 10.0 Å². The van der Waals surface area contributed by atoms with E-state index in [9.17, 15) is 13.2 Å². The highest BCUT2D eigenvalue weighted by molar-refractivity contribution is 7.89. The normalized spacial score (nSPS) is 17.4. The van der Waals surface area contributed by atoms with Gasteiger partial charge in [0.25, 0.3) is 0 Å². The Hall–Kier alpha value is -2.75. The number of nitrogens with zero attached hydrogens (tertiary/aromatic N) is 3. The molecular weight excluding hydrogens is 404 g/mol. The van der Waals surface area contributed by atoms with Gasteiger partial charge in [-0.1, -0.05) is 6.07 Å². The molecule has 2 aromatic heterocycles. The fourth-order valence-electron chi connectivity index (χ4n) is 3.86. The van der Waals surface area contributed by atoms with Crippen LogP contribution < -0.4 is 5.14 Å². The highest BCUT2D eigenvalue weighted by Crippen LogP contribution is 2.30. The Bertz CT molecular complexity index is 1220. The summed E-state index contributed by atoms with van der Waals surface area (Å²) in [5.41, 5.74) is 5.22. The van der Waals surface area contributed by atoms with E-state index in [4.69, 9.17) is 14.9 Å². The van der Waals surface area contributed by atoms with Gasteiger partial charge in [0, 0.05) is 31.3 Å². The summed E-state index contributed by atoms with van der Waals surface area (Å²) in [5.74, 6) is 0. The van der Waals surface area contributed by atoms with Crippen LogP contribution in [0.15, 0.2) is 41.4 Å². The number of nitrogens with two attached hydrogens (primary N) is 1. The zero-order chi connectivity index (χ0) is 21.5. The first-order chi connectivity index (χ1) is 14.3. The van der Waals surface area contributed by atoms with E-state index in [1.54, 1.807) is 17.0 Å². The third-order valence-electron chi connectivity index (χ3n) is 5.40. The zero-order valence-electron chi connectivity index (χ0n) is 16.9. The zero-order valence-corrected chi connectivity index (χ0v) is 17.7. The minimum Gasteiger partial charge on any atom is -0.374 e. The molecule has 1 aliphatic rings. The predicted octanol–water partition coefficient (Wildman–Crippen LogP) is 1.67. The predicted molar refractivity (Wildman–Crippen MR) is 113 cm³/mol. The first-order valence-corrected chi connectivity index (χ1v) is 11.2. The van der Waals surface area contributed by atoms with Crippen LogP contribution in [0.2, 0.25) is 0 Å². The Morgan fingerprint density at radius 3 is 2.77 bits per heavy atom. The maximum absolute atomic E-state index is 11.7. The van der Waals surface area contributed by atoms with Crippen LogP contribution in [0.1, 0.15) is 16.8 Å². The summed E-state index contributed by atoms with van der Waals surface area (Å²) in [6.45, 7) is 5.45. The topological polar surface area (TPSA) is 107 Å². The fraction of sp³-hybridized carbons (Fsp3) is 0.333. The summed E-state index contributed by atoms with van der Waals surface area (Å²) < 4.78 is 31.3. The number of benzene rings is 1. The summed E-state index contributed by atoms with van der Waals surface area (Å²) in [6, 6.07) is 8.82. The molecule has 0 unspecified atom stereocenters. The first kappa shape index (κ1) is 20.5. The second-order valence-corrected chi connectivity index (χ2v) is 9.22. The lowest BCUT2D eigenvalue weighted by molar-refractivity contribution is -0.125. The molecule has 2 N–H and O–H groups in total. The van der Waals surface area contributed by atoms with Gasteiger partial charge in [-0.3, -0.25) is 4.79 Å². The van der Waals surface area contributed by atoms with Crippen LogP contribution in [0.3, 0.4) is 0 Å². The Labute approximate surface area is 175 Å². The van der Waals surface area contributed by atoms with Crippen LogP contribution in [0.5, 0.6) is 0 Å². The largest absolute Gasteiger partial charge is 0.374 e. The molecule has 3 heterocycles. The molecule has 1 saturated heterocycles. The van der Waals surface area contributed by atoms with Crippen molar-refractivity contribution < 1.29 is 17.9 Å². The van der Waals surface area contributed by atoms with Gasteiger partial charge in [-0.05, 0) is 49.2 Å². The number of imidazole rings is 1. The van der Waals surface area contributed by atoms with Gasteiger partial charge < -0.3 is 14.0 Å². The molecule has 0 spiro atoms. The van der Waals surface area contributed by atoms with Gasteiger partial charge in [-0.15, -0.1) is 0 Å². The molecule has 1 amide bonds. The van der Waals surface area contributed by atoms with Gasteiger partial charge in [-0.2, -0.15) is 0 Å². The fourth-order valence-corrected chi connectivity index (χ4v) is 4.46. The number of amides is 1. The Morgan fingerprint density at radius 1 is 1.27 bits per heavy atom. The average molecular weight is 429 g/mol. The summed E-state index contributed by atoms with van der Waals surface area (Å²) in [7, 11) is -3.78. The molecule has 1 fully saturated rings. The van der Waals surface area contributed by atoms with Gasteiger partial charge in [0.1, 0.15) is 5.65 Å². The second-order valence-electron chi connectivity index (χ2n) is 7.66. The van der Waals surface area contributed by atoms with Crippen molar-refractivity contribution in [2.75, 3.05) is 19.7 Å². The van der Waals surface area contributed by atoms with Crippen LogP contribution in [0.25, 0.3) is 16.9 Å². The maximum Gasteiger partial charge on any atom is 0.238 e. The molecule has 30 heavy (non-hydrogen) atoms. The first-order valence-electron chi connectivity index (χ1n) is 9.68. The number of carbonyl (C=O) groups excluding carboxylic acids is 1. The molecule has 3 aromatic rings. The SMILES string of the molecule is Cc1ccn2c(C[C@H]3CN(C=O)CCO3)c(-c3ccc(S(N)(=O)=O)cc3C)nc2c1. The van der Waals surface area contributed by atoms with E-state index in [0.717, 1.165) is 40.1 Å². The quantitative estimate of drug-likeness (QED) is 0.622. The summed E-state index contributed by atoms with van der Waals surface area (Å²) in [5, 5.41) is 5.27. The van der Waals surface area contributed by atoms with Crippen molar-refractivity contribution in [1.82, 2.24) is 14.3 Å². The van der Waals surface area contributed by atoms with Crippen molar-refractivity contribution in [2.45, 2.75) is 31.3 Å². The molecule has 0 saturated carbocycles. The number of fused-ring (bicyclic) bond motifs is 1. The van der Waals surface area contributed by atoms with E-state index >= 15 is 0 Å². The van der Waals surface area contributed by atoms with E-state index in [1.807, 2.05) is 36.6 Å².